The zero-order chi connectivity index (χ0) is 21.5. The van der Waals surface area contributed by atoms with Crippen LogP contribution in [0.1, 0.15) is 23.1 Å². The first-order valence-corrected chi connectivity index (χ1v) is 13.5. The molecule has 0 spiro atoms. The van der Waals surface area contributed by atoms with E-state index in [1.54, 1.807) is 0 Å². The summed E-state index contributed by atoms with van der Waals surface area (Å²) in [5.41, 5.74) is 3.26. The molecule has 0 atom stereocenters. The molecular formula is C23H18I4O3. The van der Waals surface area contributed by atoms with Crippen LogP contribution in [0.3, 0.4) is 0 Å². The Labute approximate surface area is 231 Å². The summed E-state index contributed by atoms with van der Waals surface area (Å²) < 4.78 is 15.9. The molecule has 0 saturated heterocycles. The Bertz CT molecular complexity index is 1010. The van der Waals surface area contributed by atoms with Gasteiger partial charge >= 0.3 is 5.97 Å². The van der Waals surface area contributed by atoms with E-state index in [2.05, 4.69) is 121 Å². The van der Waals surface area contributed by atoms with Gasteiger partial charge in [0.05, 0.1) is 7.14 Å². The Morgan fingerprint density at radius 1 is 0.733 bits per heavy atom. The lowest BCUT2D eigenvalue weighted by Crippen LogP contribution is -2.06. The standard InChI is InChI=1S/C23H18I4O3/c24-18-5-1-3-16(9-18)13-29-22(28)8-7-15-11-20(26)23(21(27)12-15)30-14-17-4-2-6-19(25)10-17/h1-6,9-12H,7-8,13-14H2. The summed E-state index contributed by atoms with van der Waals surface area (Å²) in [5.74, 6) is 0.706. The molecule has 0 aliphatic carbocycles. The average Bonchev–Trinajstić information content (AvgIpc) is 2.70. The first-order valence-electron chi connectivity index (χ1n) is 9.16. The molecule has 0 aromatic heterocycles. The molecule has 30 heavy (non-hydrogen) atoms. The number of halogens is 4. The monoisotopic (exact) mass is 850 g/mol. The van der Waals surface area contributed by atoms with Crippen LogP contribution >= 0.6 is 90.4 Å². The molecule has 0 aliphatic rings. The zero-order valence-corrected chi connectivity index (χ0v) is 24.5. The first-order chi connectivity index (χ1) is 14.4. The second kappa shape index (κ2) is 12.2. The summed E-state index contributed by atoms with van der Waals surface area (Å²) >= 11 is 9.15. The number of carbonyl (C=O) groups is 1. The van der Waals surface area contributed by atoms with E-state index in [9.17, 15) is 4.79 Å². The highest BCUT2D eigenvalue weighted by molar-refractivity contribution is 14.1. The van der Waals surface area contributed by atoms with Crippen molar-refractivity contribution in [3.8, 4) is 5.75 Å². The number of benzene rings is 3. The second-order valence-corrected chi connectivity index (χ2v) is 11.4. The molecule has 0 bridgehead atoms. The lowest BCUT2D eigenvalue weighted by atomic mass is 10.1. The van der Waals surface area contributed by atoms with Crippen molar-refractivity contribution in [2.24, 2.45) is 0 Å². The van der Waals surface area contributed by atoms with E-state index in [-0.39, 0.29) is 5.97 Å². The van der Waals surface area contributed by atoms with Crippen LogP contribution < -0.4 is 4.74 Å². The molecule has 0 N–H and O–H groups in total. The first kappa shape index (κ1) is 24.5. The van der Waals surface area contributed by atoms with Crippen molar-refractivity contribution in [3.63, 3.8) is 0 Å². The van der Waals surface area contributed by atoms with Gasteiger partial charge in [-0.15, -0.1) is 0 Å². The van der Waals surface area contributed by atoms with Gasteiger partial charge in [-0.2, -0.15) is 0 Å². The van der Waals surface area contributed by atoms with Gasteiger partial charge in [0.25, 0.3) is 0 Å². The fraction of sp³-hybridized carbons (Fsp3) is 0.174. The third-order valence-corrected chi connectivity index (χ3v) is 7.18. The molecular weight excluding hydrogens is 832 g/mol. The van der Waals surface area contributed by atoms with Gasteiger partial charge in [-0.25, -0.2) is 0 Å². The summed E-state index contributed by atoms with van der Waals surface area (Å²) in [6.07, 6.45) is 1.01. The van der Waals surface area contributed by atoms with Gasteiger partial charge in [0, 0.05) is 13.6 Å². The minimum Gasteiger partial charge on any atom is -0.487 e. The number of aryl methyl sites for hydroxylation is 1. The topological polar surface area (TPSA) is 35.5 Å². The lowest BCUT2D eigenvalue weighted by molar-refractivity contribution is -0.144. The van der Waals surface area contributed by atoms with E-state index in [1.165, 1.54) is 3.57 Å². The quantitative estimate of drug-likeness (QED) is 0.176. The fourth-order valence-corrected chi connectivity index (χ4v) is 6.21. The zero-order valence-electron chi connectivity index (χ0n) is 15.8. The Morgan fingerprint density at radius 3 is 1.87 bits per heavy atom. The van der Waals surface area contributed by atoms with Crippen LogP contribution in [0.15, 0.2) is 60.7 Å². The molecule has 0 heterocycles. The summed E-state index contributed by atoms with van der Waals surface area (Å²) in [6, 6.07) is 20.4. The van der Waals surface area contributed by atoms with Crippen molar-refractivity contribution in [1.29, 1.82) is 0 Å². The van der Waals surface area contributed by atoms with E-state index >= 15 is 0 Å². The number of hydrogen-bond acceptors (Lipinski definition) is 3. The number of rotatable bonds is 8. The molecule has 3 aromatic rings. The minimum absolute atomic E-state index is 0.183. The van der Waals surface area contributed by atoms with E-state index in [1.807, 2.05) is 30.3 Å². The van der Waals surface area contributed by atoms with Crippen molar-refractivity contribution >= 4 is 96.3 Å². The van der Waals surface area contributed by atoms with Gasteiger partial charge in [0.1, 0.15) is 19.0 Å². The largest absolute Gasteiger partial charge is 0.487 e. The molecule has 3 rings (SSSR count). The summed E-state index contributed by atoms with van der Waals surface area (Å²) in [4.78, 5) is 12.1. The predicted octanol–water partition coefficient (Wildman–Crippen LogP) is 7.36. The molecule has 0 unspecified atom stereocenters. The van der Waals surface area contributed by atoms with Gasteiger partial charge < -0.3 is 9.47 Å². The Kier molecular flexibility index (Phi) is 9.95. The molecule has 3 nitrogen and oxygen atoms in total. The van der Waals surface area contributed by atoms with Crippen LogP contribution in [0.25, 0.3) is 0 Å². The summed E-state index contributed by atoms with van der Waals surface area (Å²) in [5, 5.41) is 0. The van der Waals surface area contributed by atoms with Gasteiger partial charge in [0.15, 0.2) is 0 Å². The molecule has 0 fully saturated rings. The molecule has 7 heteroatoms. The maximum absolute atomic E-state index is 12.1. The average molecular weight is 850 g/mol. The molecule has 0 saturated carbocycles. The molecule has 0 radical (unpaired) electrons. The van der Waals surface area contributed by atoms with E-state index in [0.29, 0.717) is 26.1 Å². The summed E-state index contributed by atoms with van der Waals surface area (Å²) in [7, 11) is 0. The maximum Gasteiger partial charge on any atom is 0.306 e. The normalized spacial score (nSPS) is 10.7. The van der Waals surface area contributed by atoms with Crippen molar-refractivity contribution in [2.75, 3.05) is 0 Å². The van der Waals surface area contributed by atoms with Crippen LogP contribution in [-0.2, 0) is 29.2 Å². The number of ether oxygens (including phenoxy) is 2. The SMILES string of the molecule is O=C(CCc1cc(I)c(OCc2cccc(I)c2)c(I)c1)OCc1cccc(I)c1. The van der Waals surface area contributed by atoms with E-state index in [0.717, 1.165) is 33.2 Å². The van der Waals surface area contributed by atoms with Crippen LogP contribution in [0.5, 0.6) is 5.75 Å². The Morgan fingerprint density at radius 2 is 1.30 bits per heavy atom. The predicted molar refractivity (Wildman–Crippen MR) is 153 cm³/mol. The highest BCUT2D eigenvalue weighted by Gasteiger charge is 2.11. The number of carbonyl (C=O) groups excluding carboxylic acids is 1. The molecule has 0 aliphatic heterocycles. The van der Waals surface area contributed by atoms with Crippen LogP contribution in [0, 0.1) is 14.3 Å². The second-order valence-electron chi connectivity index (χ2n) is 6.60. The van der Waals surface area contributed by atoms with Crippen LogP contribution in [0.4, 0.5) is 0 Å². The van der Waals surface area contributed by atoms with Crippen molar-refractivity contribution in [3.05, 3.63) is 91.6 Å². The van der Waals surface area contributed by atoms with Crippen molar-refractivity contribution in [1.82, 2.24) is 0 Å². The van der Waals surface area contributed by atoms with Crippen LogP contribution in [0.2, 0.25) is 0 Å². The van der Waals surface area contributed by atoms with Gasteiger partial charge in [-0.05, 0) is 150 Å². The molecule has 156 valence electrons. The third kappa shape index (κ3) is 7.76. The Hall–Kier alpha value is -0.150. The van der Waals surface area contributed by atoms with Crippen molar-refractivity contribution < 1.29 is 14.3 Å². The van der Waals surface area contributed by atoms with Crippen molar-refractivity contribution in [2.45, 2.75) is 26.1 Å². The van der Waals surface area contributed by atoms with Crippen LogP contribution in [-0.4, -0.2) is 5.97 Å². The van der Waals surface area contributed by atoms with E-state index in [4.69, 9.17) is 9.47 Å². The van der Waals surface area contributed by atoms with Gasteiger partial charge in [-0.1, -0.05) is 24.3 Å². The van der Waals surface area contributed by atoms with E-state index < -0.39 is 0 Å². The highest BCUT2D eigenvalue weighted by atomic mass is 127. The number of hydrogen-bond donors (Lipinski definition) is 0. The Balaban J connectivity index is 1.53. The maximum atomic E-state index is 12.1. The third-order valence-electron chi connectivity index (χ3n) is 4.24. The summed E-state index contributed by atoms with van der Waals surface area (Å²) in [6.45, 7) is 0.850. The lowest BCUT2D eigenvalue weighted by Gasteiger charge is -2.13. The minimum atomic E-state index is -0.183. The molecule has 0 amide bonds. The highest BCUT2D eigenvalue weighted by Crippen LogP contribution is 2.30. The molecule has 3 aromatic carbocycles. The fourth-order valence-electron chi connectivity index (χ4n) is 2.79. The smallest absolute Gasteiger partial charge is 0.306 e. The number of esters is 1. The van der Waals surface area contributed by atoms with Gasteiger partial charge in [-0.3, -0.25) is 4.79 Å². The van der Waals surface area contributed by atoms with Gasteiger partial charge in [0.2, 0.25) is 0 Å².